The van der Waals surface area contributed by atoms with Crippen molar-refractivity contribution in [3.05, 3.63) is 71.1 Å². The molecule has 6 nitrogen and oxygen atoms in total. The molecule has 1 aliphatic heterocycles. The maximum Gasteiger partial charge on any atom is 0.261 e. The predicted octanol–water partition coefficient (Wildman–Crippen LogP) is 4.83. The lowest BCUT2D eigenvalue weighted by Crippen LogP contribution is -2.44. The molecule has 0 bridgehead atoms. The number of hydrogen-bond acceptors (Lipinski definition) is 5. The number of benzene rings is 2. The third-order valence-corrected chi connectivity index (χ3v) is 7.23. The molecule has 2 amide bonds. The Hall–Kier alpha value is -3.16. The van der Waals surface area contributed by atoms with E-state index in [0.29, 0.717) is 0 Å². The first kappa shape index (κ1) is 24.0. The highest BCUT2D eigenvalue weighted by Crippen LogP contribution is 2.29. The van der Waals surface area contributed by atoms with E-state index in [1.807, 2.05) is 38.4 Å². The molecule has 2 aromatic carbocycles. The van der Waals surface area contributed by atoms with Crippen molar-refractivity contribution < 1.29 is 9.59 Å². The van der Waals surface area contributed by atoms with E-state index in [1.54, 1.807) is 11.3 Å². The molecule has 1 fully saturated rings. The SMILES string of the molecule is CC(=O)Nc1ccc(CN2CCC(NC(=O)c3ccc(-c4ccc(N(C)C)cc4)s3)CC2)cc1. The summed E-state index contributed by atoms with van der Waals surface area (Å²) in [5, 5.41) is 6.03. The number of thiophene rings is 1. The van der Waals surface area contributed by atoms with E-state index >= 15 is 0 Å². The number of amides is 2. The Morgan fingerprint density at radius 3 is 2.26 bits per heavy atom. The molecule has 2 N–H and O–H groups in total. The standard InChI is InChI=1S/C27H32N4O2S/c1-19(32)28-22-8-4-20(5-9-22)18-31-16-14-23(15-17-31)29-27(33)26-13-12-25(34-26)21-6-10-24(11-7-21)30(2)3/h4-13,23H,14-18H2,1-3H3,(H,28,32)(H,29,33). The van der Waals surface area contributed by atoms with Crippen molar-refractivity contribution in [2.24, 2.45) is 0 Å². The molecule has 0 aliphatic carbocycles. The van der Waals surface area contributed by atoms with E-state index < -0.39 is 0 Å². The van der Waals surface area contributed by atoms with Gasteiger partial charge >= 0.3 is 0 Å². The van der Waals surface area contributed by atoms with Gasteiger partial charge in [0, 0.05) is 62.9 Å². The zero-order chi connectivity index (χ0) is 24.1. The average molecular weight is 477 g/mol. The van der Waals surface area contributed by atoms with Gasteiger partial charge in [0.1, 0.15) is 0 Å². The molecule has 34 heavy (non-hydrogen) atoms. The molecule has 1 aromatic heterocycles. The summed E-state index contributed by atoms with van der Waals surface area (Å²) in [7, 11) is 4.05. The Bertz CT molecular complexity index is 1110. The van der Waals surface area contributed by atoms with Crippen molar-refractivity contribution in [2.75, 3.05) is 37.4 Å². The molecule has 2 heterocycles. The Labute approximate surface area is 205 Å². The van der Waals surface area contributed by atoms with Gasteiger partial charge in [0.05, 0.1) is 4.88 Å². The van der Waals surface area contributed by atoms with Crippen LogP contribution in [0.1, 0.15) is 35.0 Å². The highest BCUT2D eigenvalue weighted by molar-refractivity contribution is 7.17. The number of rotatable bonds is 7. The Morgan fingerprint density at radius 2 is 1.65 bits per heavy atom. The number of piperidine rings is 1. The smallest absolute Gasteiger partial charge is 0.261 e. The molecular formula is C27H32N4O2S. The molecule has 3 aromatic rings. The van der Waals surface area contributed by atoms with E-state index in [2.05, 4.69) is 56.8 Å². The van der Waals surface area contributed by atoms with Gasteiger partial charge in [0.15, 0.2) is 0 Å². The fraction of sp³-hybridized carbons (Fsp3) is 0.333. The second kappa shape index (κ2) is 10.8. The van der Waals surface area contributed by atoms with Gasteiger partial charge < -0.3 is 15.5 Å². The number of carbonyl (C=O) groups excluding carboxylic acids is 2. The summed E-state index contributed by atoms with van der Waals surface area (Å²) in [5.74, 6) is -0.0394. The molecule has 7 heteroatoms. The summed E-state index contributed by atoms with van der Waals surface area (Å²) < 4.78 is 0. The van der Waals surface area contributed by atoms with Crippen LogP contribution in [0, 0.1) is 0 Å². The number of likely N-dealkylation sites (tertiary alicyclic amines) is 1. The van der Waals surface area contributed by atoms with Crippen LogP contribution in [0.25, 0.3) is 10.4 Å². The van der Waals surface area contributed by atoms with Crippen molar-refractivity contribution in [3.8, 4) is 10.4 Å². The van der Waals surface area contributed by atoms with Crippen molar-refractivity contribution in [2.45, 2.75) is 32.4 Å². The van der Waals surface area contributed by atoms with Gasteiger partial charge in [0.2, 0.25) is 5.91 Å². The second-order valence-electron chi connectivity index (χ2n) is 9.01. The first-order valence-corrected chi connectivity index (χ1v) is 12.5. The van der Waals surface area contributed by atoms with Crippen molar-refractivity contribution in [1.29, 1.82) is 0 Å². The lowest BCUT2D eigenvalue weighted by Gasteiger charge is -2.32. The minimum Gasteiger partial charge on any atom is -0.378 e. The van der Waals surface area contributed by atoms with Gasteiger partial charge in [-0.25, -0.2) is 0 Å². The number of anilines is 2. The molecule has 0 spiro atoms. The Balaban J connectivity index is 1.26. The van der Waals surface area contributed by atoms with Crippen LogP contribution in [0.15, 0.2) is 60.7 Å². The number of nitrogens with zero attached hydrogens (tertiary/aromatic N) is 2. The summed E-state index contributed by atoms with van der Waals surface area (Å²) in [6, 6.07) is 20.6. The van der Waals surface area contributed by atoms with Crippen molar-refractivity contribution in [3.63, 3.8) is 0 Å². The van der Waals surface area contributed by atoms with Gasteiger partial charge in [-0.3, -0.25) is 14.5 Å². The van der Waals surface area contributed by atoms with Crippen LogP contribution >= 0.6 is 11.3 Å². The maximum atomic E-state index is 12.8. The van der Waals surface area contributed by atoms with Gasteiger partial charge in [-0.2, -0.15) is 0 Å². The summed E-state index contributed by atoms with van der Waals surface area (Å²) in [4.78, 5) is 30.3. The van der Waals surface area contributed by atoms with Crippen LogP contribution in [0.5, 0.6) is 0 Å². The largest absolute Gasteiger partial charge is 0.378 e. The van der Waals surface area contributed by atoms with Crippen LogP contribution in [-0.2, 0) is 11.3 Å². The minimum absolute atomic E-state index is 0.0215. The van der Waals surface area contributed by atoms with E-state index in [1.165, 1.54) is 12.5 Å². The van der Waals surface area contributed by atoms with Crippen LogP contribution in [0.2, 0.25) is 0 Å². The predicted molar refractivity (Wildman–Crippen MR) is 141 cm³/mol. The van der Waals surface area contributed by atoms with Gasteiger partial charge in [-0.05, 0) is 60.4 Å². The van der Waals surface area contributed by atoms with E-state index in [-0.39, 0.29) is 17.9 Å². The summed E-state index contributed by atoms with van der Waals surface area (Å²) >= 11 is 1.54. The molecule has 0 atom stereocenters. The lowest BCUT2D eigenvalue weighted by atomic mass is 10.0. The molecule has 1 saturated heterocycles. The highest BCUT2D eigenvalue weighted by atomic mass is 32.1. The fourth-order valence-electron chi connectivity index (χ4n) is 4.19. The Kier molecular flexibility index (Phi) is 7.65. The first-order valence-electron chi connectivity index (χ1n) is 11.6. The monoisotopic (exact) mass is 476 g/mol. The quantitative estimate of drug-likeness (QED) is 0.513. The van der Waals surface area contributed by atoms with Crippen LogP contribution in [0.3, 0.4) is 0 Å². The van der Waals surface area contributed by atoms with Gasteiger partial charge in [-0.1, -0.05) is 24.3 Å². The average Bonchev–Trinajstić information content (AvgIpc) is 3.32. The third kappa shape index (κ3) is 6.24. The Morgan fingerprint density at radius 1 is 0.971 bits per heavy atom. The maximum absolute atomic E-state index is 12.8. The molecule has 4 rings (SSSR count). The normalized spacial score (nSPS) is 14.6. The van der Waals surface area contributed by atoms with Gasteiger partial charge in [-0.15, -0.1) is 11.3 Å². The number of nitrogens with one attached hydrogen (secondary N) is 2. The second-order valence-corrected chi connectivity index (χ2v) is 10.1. The minimum atomic E-state index is -0.0608. The molecular weight excluding hydrogens is 444 g/mol. The number of carbonyl (C=O) groups is 2. The highest BCUT2D eigenvalue weighted by Gasteiger charge is 2.22. The van der Waals surface area contributed by atoms with Crippen molar-refractivity contribution in [1.82, 2.24) is 10.2 Å². The molecule has 1 aliphatic rings. The zero-order valence-corrected chi connectivity index (χ0v) is 20.8. The van der Waals surface area contributed by atoms with Crippen LogP contribution < -0.4 is 15.5 Å². The van der Waals surface area contributed by atoms with E-state index in [0.717, 1.165) is 59.2 Å². The van der Waals surface area contributed by atoms with E-state index in [4.69, 9.17) is 0 Å². The number of hydrogen-bond donors (Lipinski definition) is 2. The summed E-state index contributed by atoms with van der Waals surface area (Å²) in [6.45, 7) is 4.29. The van der Waals surface area contributed by atoms with Crippen LogP contribution in [0.4, 0.5) is 11.4 Å². The van der Waals surface area contributed by atoms with Crippen molar-refractivity contribution >= 4 is 34.5 Å². The molecule has 0 radical (unpaired) electrons. The summed E-state index contributed by atoms with van der Waals surface area (Å²) in [5.41, 5.74) is 4.33. The molecule has 0 unspecified atom stereocenters. The third-order valence-electron chi connectivity index (χ3n) is 6.10. The molecule has 0 saturated carbocycles. The summed E-state index contributed by atoms with van der Waals surface area (Å²) in [6.07, 6.45) is 1.89. The van der Waals surface area contributed by atoms with E-state index in [9.17, 15) is 9.59 Å². The zero-order valence-electron chi connectivity index (χ0n) is 20.0. The first-order chi connectivity index (χ1) is 16.4. The fourth-order valence-corrected chi connectivity index (χ4v) is 5.10. The van der Waals surface area contributed by atoms with Gasteiger partial charge in [0.25, 0.3) is 5.91 Å². The topological polar surface area (TPSA) is 64.7 Å². The molecule has 178 valence electrons. The lowest BCUT2D eigenvalue weighted by molar-refractivity contribution is -0.114. The van der Waals surface area contributed by atoms with Crippen LogP contribution in [-0.4, -0.2) is 49.9 Å².